The molecule has 51 heavy (non-hydrogen) atoms. The molecule has 6 aromatic rings. The van der Waals surface area contributed by atoms with E-state index >= 15 is 0 Å². The van der Waals surface area contributed by atoms with Gasteiger partial charge in [-0.2, -0.15) is 0 Å². The van der Waals surface area contributed by atoms with E-state index < -0.39 is 6.03 Å². The summed E-state index contributed by atoms with van der Waals surface area (Å²) in [6.45, 7) is 2.06. The second-order valence-corrected chi connectivity index (χ2v) is 14.6. The van der Waals surface area contributed by atoms with Crippen LogP contribution in [0, 0.1) is 6.92 Å². The number of rotatable bonds is 7. The fraction of sp³-hybridized carbons (Fsp3) is 0.222. The summed E-state index contributed by atoms with van der Waals surface area (Å²) in [4.78, 5) is 24.3. The number of nitrogens with zero attached hydrogens (tertiary/aromatic N) is 2. The van der Waals surface area contributed by atoms with Crippen molar-refractivity contribution in [2.75, 3.05) is 17.2 Å². The van der Waals surface area contributed by atoms with Crippen LogP contribution in [0.3, 0.4) is 0 Å². The number of aromatic hydroxyl groups is 2. The lowest BCUT2D eigenvalue weighted by molar-refractivity contribution is 0.252. The van der Waals surface area contributed by atoms with Gasteiger partial charge in [0, 0.05) is 29.6 Å². The number of thiazole rings is 1. The van der Waals surface area contributed by atoms with Gasteiger partial charge in [0.2, 0.25) is 0 Å². The highest BCUT2D eigenvalue weighted by Gasteiger charge is 2.18. The normalized spacial score (nSPS) is 12.8. The number of amides is 2. The first-order chi connectivity index (χ1) is 24.5. The Balaban J connectivity index is 0.000000176. The number of carbonyl (C=O) groups is 1. The Morgan fingerprint density at radius 1 is 0.922 bits per heavy atom. The summed E-state index contributed by atoms with van der Waals surface area (Å²) < 4.78 is 1.11. The highest BCUT2D eigenvalue weighted by molar-refractivity contribution is 7.80. The molecular weight excluding hydrogens is 749 g/mol. The van der Waals surface area contributed by atoms with Gasteiger partial charge in [-0.05, 0) is 80.0 Å². The average molecular weight is 783 g/mol. The summed E-state index contributed by atoms with van der Waals surface area (Å²) in [5, 5.41) is 34.0. The number of hydrogen-bond donors (Lipinski definition) is 7. The second kappa shape index (κ2) is 16.3. The van der Waals surface area contributed by atoms with E-state index in [0.29, 0.717) is 40.4 Å². The van der Waals surface area contributed by atoms with Crippen LogP contribution in [-0.4, -0.2) is 48.9 Å². The van der Waals surface area contributed by atoms with Crippen molar-refractivity contribution >= 4 is 102 Å². The Kier molecular flexibility index (Phi) is 11.7. The molecule has 4 aromatic carbocycles. The van der Waals surface area contributed by atoms with Gasteiger partial charge in [-0.1, -0.05) is 71.9 Å². The molecule has 0 spiro atoms. The van der Waals surface area contributed by atoms with E-state index in [2.05, 4.69) is 36.2 Å². The van der Waals surface area contributed by atoms with Crippen molar-refractivity contribution in [3.63, 3.8) is 0 Å². The van der Waals surface area contributed by atoms with Gasteiger partial charge in [-0.25, -0.2) is 14.8 Å². The van der Waals surface area contributed by atoms with Crippen molar-refractivity contribution in [1.29, 1.82) is 0 Å². The Bertz CT molecular complexity index is 2150. The third-order valence-electron chi connectivity index (χ3n) is 8.30. The van der Waals surface area contributed by atoms with Crippen molar-refractivity contribution in [3.05, 3.63) is 93.2 Å². The maximum atomic E-state index is 12.0. The molecule has 0 unspecified atom stereocenters. The number of para-hydroxylation sites is 3. The van der Waals surface area contributed by atoms with Gasteiger partial charge in [0.1, 0.15) is 10.8 Å². The number of H-pyrrole nitrogens is 1. The zero-order valence-electron chi connectivity index (χ0n) is 27.3. The van der Waals surface area contributed by atoms with Crippen LogP contribution >= 0.6 is 58.4 Å². The van der Waals surface area contributed by atoms with Crippen LogP contribution in [0.5, 0.6) is 11.5 Å². The number of halogens is 3. The largest absolute Gasteiger partial charge is 0.504 e. The topological polar surface area (TPSA) is 147 Å². The Hall–Kier alpha value is -4.33. The number of phenolic OH excluding ortho intramolecular Hbond substituents is 2. The number of fused-ring (bicyclic) bond motifs is 2. The number of carbonyl (C=O) groups excluding carboxylic acids is 1. The molecule has 1 fully saturated rings. The maximum absolute atomic E-state index is 12.0. The molecule has 0 saturated heterocycles. The first-order valence-corrected chi connectivity index (χ1v) is 18.5. The van der Waals surface area contributed by atoms with Gasteiger partial charge in [-0.15, -0.1) is 11.3 Å². The highest BCUT2D eigenvalue weighted by Crippen LogP contribution is 2.40. The molecule has 0 bridgehead atoms. The quantitative estimate of drug-likeness (QED) is 0.0626. The molecule has 2 aromatic heterocycles. The average Bonchev–Trinajstić information content (AvgIpc) is 3.88. The number of anilines is 2. The van der Waals surface area contributed by atoms with E-state index in [-0.39, 0.29) is 27.2 Å². The first-order valence-electron chi connectivity index (χ1n) is 16.2. The van der Waals surface area contributed by atoms with E-state index in [0.717, 1.165) is 50.5 Å². The minimum Gasteiger partial charge on any atom is -0.504 e. The zero-order chi connectivity index (χ0) is 36.1. The molecule has 1 aliphatic rings. The van der Waals surface area contributed by atoms with Crippen molar-refractivity contribution in [3.8, 4) is 22.1 Å². The maximum Gasteiger partial charge on any atom is 0.319 e. The number of phenols is 2. The summed E-state index contributed by atoms with van der Waals surface area (Å²) in [7, 11) is 0. The minimum absolute atomic E-state index is 0.00732. The smallest absolute Gasteiger partial charge is 0.319 e. The van der Waals surface area contributed by atoms with Gasteiger partial charge >= 0.3 is 6.03 Å². The Morgan fingerprint density at radius 3 is 2.37 bits per heavy atom. The van der Waals surface area contributed by atoms with Gasteiger partial charge in [-0.3, -0.25) is 0 Å². The van der Waals surface area contributed by atoms with Crippen LogP contribution in [0.2, 0.25) is 15.1 Å². The summed E-state index contributed by atoms with van der Waals surface area (Å²) in [6, 6.07) is 20.7. The number of benzene rings is 4. The molecule has 1 saturated carbocycles. The lowest BCUT2D eigenvalue weighted by Gasteiger charge is -2.17. The minimum atomic E-state index is -0.470. The fourth-order valence-corrected chi connectivity index (χ4v) is 7.52. The molecule has 1 aliphatic carbocycles. The number of urea groups is 1. The number of aromatic nitrogens is 3. The molecule has 2 amide bonds. The standard InChI is InChI=1S/C19H18ClN3OS2.C17H16Cl2N4O2/c20-13-9-11(18-22-14-7-3-4-8-16(14)26-18)10-15(17(13)24)23-19(25)21-12-5-1-2-6-12;1-9-10(18)8-13(16(24)15(9)19)23-17(25)20-7-6-14-21-11-4-2-3-5-12(11)22-14/h3-4,7-10,12,24H,1-2,5-6H2,(H2,21,23,25);2-5,8,24H,6-7H2,1H3,(H,21,22)(H2,20,23,25). The fourth-order valence-electron chi connectivity index (χ4n) is 5.61. The summed E-state index contributed by atoms with van der Waals surface area (Å²) >= 11 is 25.2. The molecule has 2 heterocycles. The van der Waals surface area contributed by atoms with E-state index in [1.165, 1.54) is 18.9 Å². The third kappa shape index (κ3) is 8.95. The number of imidazole rings is 1. The summed E-state index contributed by atoms with van der Waals surface area (Å²) in [5.41, 5.74) is 4.83. The van der Waals surface area contributed by atoms with Gasteiger partial charge < -0.3 is 36.5 Å². The molecule has 264 valence electrons. The van der Waals surface area contributed by atoms with Crippen LogP contribution in [0.4, 0.5) is 16.2 Å². The van der Waals surface area contributed by atoms with Gasteiger partial charge in [0.05, 0.1) is 42.7 Å². The molecule has 7 rings (SSSR count). The van der Waals surface area contributed by atoms with Gasteiger partial charge in [0.15, 0.2) is 16.6 Å². The molecule has 10 nitrogen and oxygen atoms in total. The molecular formula is C36H34Cl3N7O3S2. The highest BCUT2D eigenvalue weighted by atomic mass is 35.5. The van der Waals surface area contributed by atoms with Crippen molar-refractivity contribution in [1.82, 2.24) is 25.6 Å². The van der Waals surface area contributed by atoms with Crippen LogP contribution in [0.1, 0.15) is 37.1 Å². The number of thiocarbonyl (C=S) groups is 1. The zero-order valence-corrected chi connectivity index (χ0v) is 31.2. The van der Waals surface area contributed by atoms with E-state index in [9.17, 15) is 15.0 Å². The molecule has 0 atom stereocenters. The van der Waals surface area contributed by atoms with E-state index in [1.807, 2.05) is 54.6 Å². The molecule has 0 aliphatic heterocycles. The van der Waals surface area contributed by atoms with Crippen LogP contribution < -0.4 is 21.3 Å². The van der Waals surface area contributed by atoms with E-state index in [1.54, 1.807) is 24.3 Å². The van der Waals surface area contributed by atoms with Gasteiger partial charge in [0.25, 0.3) is 0 Å². The van der Waals surface area contributed by atoms with Crippen molar-refractivity contribution in [2.45, 2.75) is 45.1 Å². The van der Waals surface area contributed by atoms with Crippen LogP contribution in [0.15, 0.2) is 66.7 Å². The third-order valence-corrected chi connectivity index (χ3v) is 10.7. The first kappa shape index (κ1) is 36.5. The van der Waals surface area contributed by atoms with Crippen molar-refractivity contribution < 1.29 is 15.0 Å². The monoisotopic (exact) mass is 781 g/mol. The molecule has 0 radical (unpaired) electrons. The van der Waals surface area contributed by atoms with E-state index in [4.69, 9.17) is 47.0 Å². The molecule has 15 heteroatoms. The van der Waals surface area contributed by atoms with Crippen LogP contribution in [-0.2, 0) is 6.42 Å². The second-order valence-electron chi connectivity index (χ2n) is 11.9. The lowest BCUT2D eigenvalue weighted by atomic mass is 10.2. The number of aromatic amines is 1. The van der Waals surface area contributed by atoms with Crippen LogP contribution in [0.25, 0.3) is 31.8 Å². The Labute approximate surface area is 318 Å². The predicted octanol–water partition coefficient (Wildman–Crippen LogP) is 9.80. The Morgan fingerprint density at radius 2 is 1.63 bits per heavy atom. The summed E-state index contributed by atoms with van der Waals surface area (Å²) in [5.74, 6) is 0.564. The number of hydrogen-bond acceptors (Lipinski definition) is 7. The number of nitrogens with one attached hydrogen (secondary N) is 5. The SMILES string of the molecule is Cc1c(Cl)cc(NC(=O)NCCc2nc3ccccc3[nH]2)c(O)c1Cl.Oc1c(Cl)cc(-c2nc3ccccc3s2)cc1NC(=S)NC1CCCC1. The van der Waals surface area contributed by atoms with Crippen molar-refractivity contribution in [2.24, 2.45) is 0 Å². The summed E-state index contributed by atoms with van der Waals surface area (Å²) in [6.07, 6.45) is 5.25. The lowest BCUT2D eigenvalue weighted by Crippen LogP contribution is -2.35. The molecule has 7 N–H and O–H groups in total. The predicted molar refractivity (Wildman–Crippen MR) is 213 cm³/mol.